The lowest BCUT2D eigenvalue weighted by Gasteiger charge is -2.16. The van der Waals surface area contributed by atoms with Crippen molar-refractivity contribution in [1.82, 2.24) is 10.6 Å². The van der Waals surface area contributed by atoms with Gasteiger partial charge in [-0.05, 0) is 30.0 Å². The third-order valence-corrected chi connectivity index (χ3v) is 4.30. The van der Waals surface area contributed by atoms with Crippen molar-refractivity contribution in [2.75, 3.05) is 20.3 Å². The van der Waals surface area contributed by atoms with E-state index in [1.807, 2.05) is 6.07 Å². The van der Waals surface area contributed by atoms with Crippen LogP contribution in [-0.2, 0) is 11.2 Å². The predicted octanol–water partition coefficient (Wildman–Crippen LogP) is 2.29. The van der Waals surface area contributed by atoms with Gasteiger partial charge in [0.2, 0.25) is 0 Å². The number of carbonyl (C=O) groups is 1. The first-order valence-corrected chi connectivity index (χ1v) is 7.46. The summed E-state index contributed by atoms with van der Waals surface area (Å²) in [5.41, 5.74) is 1.99. The number of aliphatic hydroxyl groups is 1. The number of carbonyl (C=O) groups excluding carboxylic acids is 1. The highest BCUT2D eigenvalue weighted by Crippen LogP contribution is 2.38. The van der Waals surface area contributed by atoms with Crippen LogP contribution in [0.4, 0.5) is 4.79 Å². The standard InChI is InChI=1S/C14H18Cl2N2O3/c1-21-7-8(19)6-17-14(20)18-12-5-3-10-9(12)2-4-11(15)13(10)16/h2,4,8,12,19H,3,5-7H2,1H3,(H2,17,18,20). The maximum absolute atomic E-state index is 11.8. The van der Waals surface area contributed by atoms with E-state index in [-0.39, 0.29) is 25.2 Å². The zero-order valence-corrected chi connectivity index (χ0v) is 13.2. The SMILES string of the molecule is COCC(O)CNC(=O)NC1CCc2c1ccc(Cl)c2Cl. The predicted molar refractivity (Wildman–Crippen MR) is 81.9 cm³/mol. The van der Waals surface area contributed by atoms with Gasteiger partial charge < -0.3 is 20.5 Å². The second-order valence-electron chi connectivity index (χ2n) is 4.98. The third-order valence-electron chi connectivity index (χ3n) is 3.45. The summed E-state index contributed by atoms with van der Waals surface area (Å²) in [6.45, 7) is 0.321. The smallest absolute Gasteiger partial charge is 0.315 e. The van der Waals surface area contributed by atoms with Crippen molar-refractivity contribution < 1.29 is 14.6 Å². The van der Waals surface area contributed by atoms with Crippen LogP contribution in [-0.4, -0.2) is 37.5 Å². The minimum Gasteiger partial charge on any atom is -0.389 e. The number of halogens is 2. The van der Waals surface area contributed by atoms with Gasteiger partial charge in [0.25, 0.3) is 0 Å². The van der Waals surface area contributed by atoms with Crippen molar-refractivity contribution in [1.29, 1.82) is 0 Å². The van der Waals surface area contributed by atoms with E-state index in [2.05, 4.69) is 10.6 Å². The highest BCUT2D eigenvalue weighted by Gasteiger charge is 2.26. The Hall–Kier alpha value is -1.01. The van der Waals surface area contributed by atoms with Gasteiger partial charge in [0.1, 0.15) is 0 Å². The molecule has 1 aliphatic carbocycles. The van der Waals surface area contributed by atoms with Crippen molar-refractivity contribution in [2.24, 2.45) is 0 Å². The van der Waals surface area contributed by atoms with Crippen LogP contribution in [0.25, 0.3) is 0 Å². The highest BCUT2D eigenvalue weighted by molar-refractivity contribution is 6.42. The van der Waals surface area contributed by atoms with Gasteiger partial charge in [0.05, 0.1) is 28.8 Å². The van der Waals surface area contributed by atoms with Gasteiger partial charge in [0, 0.05) is 13.7 Å². The van der Waals surface area contributed by atoms with E-state index in [0.29, 0.717) is 10.0 Å². The molecule has 0 saturated heterocycles. The van der Waals surface area contributed by atoms with Crippen molar-refractivity contribution >= 4 is 29.2 Å². The zero-order chi connectivity index (χ0) is 15.4. The average molecular weight is 333 g/mol. The number of amides is 2. The molecule has 0 heterocycles. The Bertz CT molecular complexity index is 525. The van der Waals surface area contributed by atoms with E-state index in [1.54, 1.807) is 6.07 Å². The highest BCUT2D eigenvalue weighted by atomic mass is 35.5. The third kappa shape index (κ3) is 4.01. The number of nitrogens with one attached hydrogen (secondary N) is 2. The first-order chi connectivity index (χ1) is 10.0. The van der Waals surface area contributed by atoms with Crippen LogP contribution in [0.2, 0.25) is 10.0 Å². The molecule has 7 heteroatoms. The van der Waals surface area contributed by atoms with Crippen LogP contribution < -0.4 is 10.6 Å². The van der Waals surface area contributed by atoms with Gasteiger partial charge in [0.15, 0.2) is 0 Å². The second kappa shape index (κ2) is 7.31. The van der Waals surface area contributed by atoms with Gasteiger partial charge in [-0.2, -0.15) is 0 Å². The van der Waals surface area contributed by atoms with Crippen molar-refractivity contribution in [3.05, 3.63) is 33.3 Å². The van der Waals surface area contributed by atoms with Gasteiger partial charge in [-0.15, -0.1) is 0 Å². The molecule has 2 unspecified atom stereocenters. The molecule has 2 amide bonds. The van der Waals surface area contributed by atoms with E-state index in [9.17, 15) is 9.90 Å². The van der Waals surface area contributed by atoms with Gasteiger partial charge in [-0.3, -0.25) is 0 Å². The number of urea groups is 1. The summed E-state index contributed by atoms with van der Waals surface area (Å²) in [4.78, 5) is 11.8. The number of hydrogen-bond donors (Lipinski definition) is 3. The number of fused-ring (bicyclic) bond motifs is 1. The lowest BCUT2D eigenvalue weighted by Crippen LogP contribution is -2.41. The Morgan fingerprint density at radius 1 is 1.52 bits per heavy atom. The first-order valence-electron chi connectivity index (χ1n) is 6.71. The minimum atomic E-state index is -0.718. The summed E-state index contributed by atoms with van der Waals surface area (Å²) in [5, 5.41) is 16.1. The van der Waals surface area contributed by atoms with Crippen molar-refractivity contribution in [2.45, 2.75) is 25.0 Å². The lowest BCUT2D eigenvalue weighted by molar-refractivity contribution is 0.0659. The Labute approximate surface area is 133 Å². The van der Waals surface area contributed by atoms with Gasteiger partial charge in [-0.1, -0.05) is 29.3 Å². The Morgan fingerprint density at radius 3 is 3.00 bits per heavy atom. The summed E-state index contributed by atoms with van der Waals surface area (Å²) < 4.78 is 4.79. The van der Waals surface area contributed by atoms with E-state index in [0.717, 1.165) is 24.0 Å². The van der Waals surface area contributed by atoms with E-state index < -0.39 is 6.10 Å². The topological polar surface area (TPSA) is 70.6 Å². The van der Waals surface area contributed by atoms with Gasteiger partial charge in [-0.25, -0.2) is 4.79 Å². The summed E-state index contributed by atoms with van der Waals surface area (Å²) in [6.07, 6.45) is 0.847. The summed E-state index contributed by atoms with van der Waals surface area (Å²) in [5.74, 6) is 0. The Balaban J connectivity index is 1.92. The zero-order valence-electron chi connectivity index (χ0n) is 11.7. The minimum absolute atomic E-state index is 0.0886. The number of methoxy groups -OCH3 is 1. The van der Waals surface area contributed by atoms with Gasteiger partial charge >= 0.3 is 6.03 Å². The number of benzene rings is 1. The molecule has 5 nitrogen and oxygen atoms in total. The molecule has 0 fully saturated rings. The van der Waals surface area contributed by atoms with Crippen LogP contribution in [0.3, 0.4) is 0 Å². The molecule has 0 spiro atoms. The molecule has 0 aliphatic heterocycles. The van der Waals surface area contributed by atoms with Crippen molar-refractivity contribution in [3.8, 4) is 0 Å². The maximum Gasteiger partial charge on any atom is 0.315 e. The first kappa shape index (κ1) is 16.4. The molecule has 0 aromatic heterocycles. The average Bonchev–Trinajstić information content (AvgIpc) is 2.85. The molecule has 1 aromatic carbocycles. The fraction of sp³-hybridized carbons (Fsp3) is 0.500. The molecule has 2 atom stereocenters. The van der Waals surface area contributed by atoms with Crippen molar-refractivity contribution in [3.63, 3.8) is 0 Å². The molecule has 21 heavy (non-hydrogen) atoms. The van der Waals surface area contributed by atoms with E-state index in [4.69, 9.17) is 27.9 Å². The largest absolute Gasteiger partial charge is 0.389 e. The van der Waals surface area contributed by atoms with Crippen LogP contribution in [0.1, 0.15) is 23.6 Å². The molecule has 3 N–H and O–H groups in total. The molecule has 0 saturated carbocycles. The van der Waals surface area contributed by atoms with Crippen LogP contribution in [0.15, 0.2) is 12.1 Å². The molecule has 0 bridgehead atoms. The molecule has 0 radical (unpaired) electrons. The second-order valence-corrected chi connectivity index (χ2v) is 5.77. The summed E-state index contributed by atoms with van der Waals surface area (Å²) in [6, 6.07) is 3.22. The number of hydrogen-bond acceptors (Lipinski definition) is 3. The van der Waals surface area contributed by atoms with E-state index in [1.165, 1.54) is 7.11 Å². The molecule has 1 aliphatic rings. The Kier molecular flexibility index (Phi) is 5.70. The Morgan fingerprint density at radius 2 is 2.29 bits per heavy atom. The lowest BCUT2D eigenvalue weighted by atomic mass is 10.1. The van der Waals surface area contributed by atoms with Crippen LogP contribution in [0, 0.1) is 0 Å². The number of rotatable bonds is 5. The summed E-state index contributed by atoms with van der Waals surface area (Å²) in [7, 11) is 1.49. The maximum atomic E-state index is 11.8. The van der Waals surface area contributed by atoms with Crippen LogP contribution in [0.5, 0.6) is 0 Å². The number of ether oxygens (including phenoxy) is 1. The molecule has 1 aromatic rings. The fourth-order valence-electron chi connectivity index (χ4n) is 2.45. The molecular weight excluding hydrogens is 315 g/mol. The fourth-order valence-corrected chi connectivity index (χ4v) is 2.90. The summed E-state index contributed by atoms with van der Waals surface area (Å²) >= 11 is 12.2. The molecule has 116 valence electrons. The normalized spacial score (nSPS) is 18.2. The monoisotopic (exact) mass is 332 g/mol. The quantitative estimate of drug-likeness (QED) is 0.774. The molecule has 2 rings (SSSR count). The van der Waals surface area contributed by atoms with E-state index >= 15 is 0 Å². The number of aliphatic hydroxyl groups excluding tert-OH is 1. The molecular formula is C14H18Cl2N2O3. The van der Waals surface area contributed by atoms with Crippen LogP contribution >= 0.6 is 23.2 Å².